The fraction of sp³-hybridized carbons (Fsp3) is 0.300. The van der Waals surface area contributed by atoms with Gasteiger partial charge in [-0.15, -0.1) is 0 Å². The molecule has 0 aliphatic heterocycles. The average molecular weight is 366 g/mol. The Bertz CT molecular complexity index is 961. The summed E-state index contributed by atoms with van der Waals surface area (Å²) >= 11 is 0. The molecular formula is C20H22N4O3. The van der Waals surface area contributed by atoms with Gasteiger partial charge in [0.05, 0.1) is 17.9 Å². The molecule has 0 aliphatic rings. The van der Waals surface area contributed by atoms with Crippen molar-refractivity contribution in [3.05, 3.63) is 70.3 Å². The predicted molar refractivity (Wildman–Crippen MR) is 101 cm³/mol. The Balaban J connectivity index is 1.61. The molecule has 0 unspecified atom stereocenters. The summed E-state index contributed by atoms with van der Waals surface area (Å²) in [4.78, 5) is 24.2. The zero-order valence-corrected chi connectivity index (χ0v) is 15.4. The van der Waals surface area contributed by atoms with Gasteiger partial charge in [-0.25, -0.2) is 4.68 Å². The summed E-state index contributed by atoms with van der Waals surface area (Å²) in [6.45, 7) is 4.66. The van der Waals surface area contributed by atoms with Gasteiger partial charge in [-0.2, -0.15) is 5.10 Å². The summed E-state index contributed by atoms with van der Waals surface area (Å²) in [5.74, 6) is 0.245. The van der Waals surface area contributed by atoms with Crippen LogP contribution in [0.4, 0.5) is 0 Å². The lowest BCUT2D eigenvalue weighted by atomic mass is 10.1. The maximum atomic E-state index is 12.2. The molecule has 3 aromatic rings. The number of nitrogens with one attached hydrogen (secondary N) is 1. The molecule has 0 bridgehead atoms. The molecule has 0 fully saturated rings. The van der Waals surface area contributed by atoms with Crippen LogP contribution in [0.2, 0.25) is 0 Å². The van der Waals surface area contributed by atoms with Crippen LogP contribution >= 0.6 is 0 Å². The quantitative estimate of drug-likeness (QED) is 0.694. The predicted octanol–water partition coefficient (Wildman–Crippen LogP) is 2.53. The van der Waals surface area contributed by atoms with Crippen LogP contribution in [0.1, 0.15) is 30.1 Å². The molecule has 3 rings (SSSR count). The van der Waals surface area contributed by atoms with Crippen molar-refractivity contribution in [2.75, 3.05) is 6.54 Å². The molecule has 2 aromatic heterocycles. The third kappa shape index (κ3) is 4.91. The number of carbonyl (C=O) groups is 1. The Hall–Kier alpha value is -3.22. The maximum Gasteiger partial charge on any atom is 0.289 e. The minimum atomic E-state index is -0.357. The average Bonchev–Trinajstić information content (AvgIpc) is 3.12. The second-order valence-corrected chi connectivity index (χ2v) is 6.68. The molecular weight excluding hydrogens is 344 g/mol. The molecule has 1 amide bonds. The van der Waals surface area contributed by atoms with E-state index < -0.39 is 0 Å². The van der Waals surface area contributed by atoms with E-state index in [2.05, 4.69) is 29.4 Å². The van der Waals surface area contributed by atoms with Crippen LogP contribution < -0.4 is 10.9 Å². The maximum absolute atomic E-state index is 12.2. The molecule has 1 aromatic carbocycles. The molecule has 0 saturated heterocycles. The summed E-state index contributed by atoms with van der Waals surface area (Å²) in [6, 6.07) is 14.4. The van der Waals surface area contributed by atoms with E-state index in [1.165, 1.54) is 10.7 Å². The van der Waals surface area contributed by atoms with Gasteiger partial charge in [0.25, 0.3) is 11.5 Å². The van der Waals surface area contributed by atoms with Gasteiger partial charge < -0.3 is 9.84 Å². The third-order valence-electron chi connectivity index (χ3n) is 3.95. The van der Waals surface area contributed by atoms with E-state index in [1.807, 2.05) is 30.3 Å². The van der Waals surface area contributed by atoms with Crippen molar-refractivity contribution in [2.45, 2.75) is 26.8 Å². The molecule has 0 spiro atoms. The standard InChI is InChI=1S/C20H22N4O3/c1-14(2)12-16-13-18(27-23-16)20(26)21-10-11-24-19(25)9-8-17(22-24)15-6-4-3-5-7-15/h3-9,13-14H,10-12H2,1-2H3,(H,21,26). The van der Waals surface area contributed by atoms with Gasteiger partial charge in [-0.3, -0.25) is 9.59 Å². The Morgan fingerprint density at radius 1 is 1.19 bits per heavy atom. The van der Waals surface area contributed by atoms with Crippen molar-refractivity contribution in [3.8, 4) is 11.3 Å². The number of rotatable bonds is 7. The normalized spacial score (nSPS) is 10.9. The monoisotopic (exact) mass is 366 g/mol. The van der Waals surface area contributed by atoms with Gasteiger partial charge in [0.15, 0.2) is 0 Å². The molecule has 0 atom stereocenters. The van der Waals surface area contributed by atoms with Gasteiger partial charge in [0, 0.05) is 24.2 Å². The lowest BCUT2D eigenvalue weighted by Crippen LogP contribution is -2.31. The SMILES string of the molecule is CC(C)Cc1cc(C(=O)NCCn2nc(-c3ccccc3)ccc2=O)on1. The van der Waals surface area contributed by atoms with Crippen molar-refractivity contribution < 1.29 is 9.32 Å². The molecule has 0 aliphatic carbocycles. The van der Waals surface area contributed by atoms with Crippen LogP contribution in [0.5, 0.6) is 0 Å². The van der Waals surface area contributed by atoms with E-state index in [-0.39, 0.29) is 30.3 Å². The summed E-state index contributed by atoms with van der Waals surface area (Å²) in [6.07, 6.45) is 0.752. The fourth-order valence-electron chi connectivity index (χ4n) is 2.67. The van der Waals surface area contributed by atoms with E-state index in [0.717, 1.165) is 17.7 Å². The zero-order valence-electron chi connectivity index (χ0n) is 15.4. The first kappa shape index (κ1) is 18.6. The van der Waals surface area contributed by atoms with Crippen LogP contribution in [-0.2, 0) is 13.0 Å². The molecule has 7 nitrogen and oxygen atoms in total. The highest BCUT2D eigenvalue weighted by Crippen LogP contribution is 2.14. The van der Waals surface area contributed by atoms with Crippen LogP contribution in [0, 0.1) is 5.92 Å². The van der Waals surface area contributed by atoms with Crippen LogP contribution in [-0.4, -0.2) is 27.4 Å². The molecule has 0 saturated carbocycles. The minimum Gasteiger partial charge on any atom is -0.351 e. The second-order valence-electron chi connectivity index (χ2n) is 6.68. The Morgan fingerprint density at radius 2 is 1.96 bits per heavy atom. The highest BCUT2D eigenvalue weighted by atomic mass is 16.5. The number of benzene rings is 1. The van der Waals surface area contributed by atoms with Gasteiger partial charge in [0.1, 0.15) is 0 Å². The number of nitrogens with zero attached hydrogens (tertiary/aromatic N) is 3. The summed E-state index contributed by atoms with van der Waals surface area (Å²) in [7, 11) is 0. The largest absolute Gasteiger partial charge is 0.351 e. The first-order chi connectivity index (χ1) is 13.0. The second kappa shape index (κ2) is 8.44. The number of aromatic nitrogens is 3. The van der Waals surface area contributed by atoms with Gasteiger partial charge in [0.2, 0.25) is 5.76 Å². The Morgan fingerprint density at radius 3 is 2.70 bits per heavy atom. The van der Waals surface area contributed by atoms with E-state index in [9.17, 15) is 9.59 Å². The number of hydrogen-bond donors (Lipinski definition) is 1. The first-order valence-electron chi connectivity index (χ1n) is 8.90. The molecule has 2 heterocycles. The van der Waals surface area contributed by atoms with Crippen molar-refractivity contribution >= 4 is 5.91 Å². The number of hydrogen-bond acceptors (Lipinski definition) is 5. The van der Waals surface area contributed by atoms with Gasteiger partial charge in [-0.1, -0.05) is 49.3 Å². The van der Waals surface area contributed by atoms with Gasteiger partial charge >= 0.3 is 0 Å². The highest BCUT2D eigenvalue weighted by Gasteiger charge is 2.13. The molecule has 7 heteroatoms. The number of carbonyl (C=O) groups excluding carboxylic acids is 1. The van der Waals surface area contributed by atoms with Crippen molar-refractivity contribution in [1.82, 2.24) is 20.3 Å². The Kier molecular flexibility index (Phi) is 5.80. The molecule has 0 radical (unpaired) electrons. The fourth-order valence-corrected chi connectivity index (χ4v) is 2.67. The van der Waals surface area contributed by atoms with Gasteiger partial charge in [-0.05, 0) is 18.4 Å². The van der Waals surface area contributed by atoms with Crippen LogP contribution in [0.15, 0.2) is 57.8 Å². The topological polar surface area (TPSA) is 90.0 Å². The molecule has 27 heavy (non-hydrogen) atoms. The van der Waals surface area contributed by atoms with E-state index in [0.29, 0.717) is 11.6 Å². The Labute approximate surface area is 157 Å². The van der Waals surface area contributed by atoms with E-state index in [1.54, 1.807) is 12.1 Å². The van der Waals surface area contributed by atoms with Crippen molar-refractivity contribution in [2.24, 2.45) is 5.92 Å². The summed E-state index contributed by atoms with van der Waals surface area (Å²) in [5.41, 5.74) is 2.16. The summed E-state index contributed by atoms with van der Waals surface area (Å²) in [5, 5.41) is 11.0. The van der Waals surface area contributed by atoms with Crippen LogP contribution in [0.3, 0.4) is 0 Å². The lowest BCUT2D eigenvalue weighted by Gasteiger charge is -2.07. The lowest BCUT2D eigenvalue weighted by molar-refractivity contribution is 0.0914. The molecule has 1 N–H and O–H groups in total. The zero-order chi connectivity index (χ0) is 19.2. The smallest absolute Gasteiger partial charge is 0.289 e. The highest BCUT2D eigenvalue weighted by molar-refractivity contribution is 5.91. The minimum absolute atomic E-state index is 0.170. The third-order valence-corrected chi connectivity index (χ3v) is 3.95. The first-order valence-corrected chi connectivity index (χ1v) is 8.90. The molecule has 140 valence electrons. The number of amides is 1. The van der Waals surface area contributed by atoms with Crippen molar-refractivity contribution in [3.63, 3.8) is 0 Å². The van der Waals surface area contributed by atoms with Crippen molar-refractivity contribution in [1.29, 1.82) is 0 Å². The van der Waals surface area contributed by atoms with E-state index >= 15 is 0 Å². The van der Waals surface area contributed by atoms with Crippen LogP contribution in [0.25, 0.3) is 11.3 Å². The summed E-state index contributed by atoms with van der Waals surface area (Å²) < 4.78 is 6.43. The van der Waals surface area contributed by atoms with E-state index in [4.69, 9.17) is 4.52 Å².